The largest absolute Gasteiger partial charge is 0.454 e. The zero-order valence-corrected chi connectivity index (χ0v) is 20.3. The standard InChI is InChI=1S/C27H38O6/c1-15-13-26-11-8-18-19(24(18,2)3)17(21(26)30)12-16(14-28)20(29)27(26,32)22(15)33-23(31)25(4)9-6-5-7-10-25/h12-13,17-20,22,28-29,32H,5-11,14H2,1-4H3/t17-,18?,19-,20+,22-,26?,27-/m0/s1. The molecule has 0 amide bonds. The summed E-state index contributed by atoms with van der Waals surface area (Å²) in [4.78, 5) is 27.5. The van der Waals surface area contributed by atoms with Crippen molar-refractivity contribution in [3.8, 4) is 0 Å². The maximum Gasteiger partial charge on any atom is 0.312 e. The monoisotopic (exact) mass is 458 g/mol. The first-order chi connectivity index (χ1) is 15.4. The predicted octanol–water partition coefficient (Wildman–Crippen LogP) is 3.09. The lowest BCUT2D eigenvalue weighted by atomic mass is 9.63. The van der Waals surface area contributed by atoms with Gasteiger partial charge in [0.1, 0.15) is 6.10 Å². The molecule has 2 unspecified atom stereocenters. The molecule has 6 nitrogen and oxygen atoms in total. The molecule has 6 heteroatoms. The van der Waals surface area contributed by atoms with Crippen LogP contribution in [0.2, 0.25) is 0 Å². The van der Waals surface area contributed by atoms with Crippen molar-refractivity contribution in [2.75, 3.05) is 6.61 Å². The smallest absolute Gasteiger partial charge is 0.312 e. The lowest BCUT2D eigenvalue weighted by Crippen LogP contribution is -2.64. The first-order valence-electron chi connectivity index (χ1n) is 12.6. The molecule has 0 aliphatic heterocycles. The van der Waals surface area contributed by atoms with Crippen molar-refractivity contribution in [1.82, 2.24) is 0 Å². The quantitative estimate of drug-likeness (QED) is 0.444. The molecule has 0 aromatic heterocycles. The van der Waals surface area contributed by atoms with E-state index in [0.717, 1.165) is 38.5 Å². The average Bonchev–Trinajstić information content (AvgIpc) is 3.30. The fraction of sp³-hybridized carbons (Fsp3) is 0.778. The van der Waals surface area contributed by atoms with Crippen LogP contribution in [-0.2, 0) is 14.3 Å². The fourth-order valence-corrected chi connectivity index (χ4v) is 8.00. The molecular formula is C27H38O6. The van der Waals surface area contributed by atoms with E-state index in [1.54, 1.807) is 19.1 Å². The van der Waals surface area contributed by atoms with Crippen molar-refractivity contribution in [2.24, 2.45) is 34.0 Å². The summed E-state index contributed by atoms with van der Waals surface area (Å²) in [6.07, 6.45) is 6.48. The molecule has 3 fully saturated rings. The maximum absolute atomic E-state index is 14.1. The average molecular weight is 459 g/mol. The van der Waals surface area contributed by atoms with Crippen molar-refractivity contribution in [1.29, 1.82) is 0 Å². The Kier molecular flexibility index (Phi) is 5.11. The van der Waals surface area contributed by atoms with Gasteiger partial charge in [-0.25, -0.2) is 0 Å². The molecule has 33 heavy (non-hydrogen) atoms. The van der Waals surface area contributed by atoms with Gasteiger partial charge >= 0.3 is 5.97 Å². The van der Waals surface area contributed by atoms with E-state index in [4.69, 9.17) is 4.74 Å². The van der Waals surface area contributed by atoms with Gasteiger partial charge in [-0.15, -0.1) is 0 Å². The van der Waals surface area contributed by atoms with E-state index in [1.807, 2.05) is 6.92 Å². The molecular weight excluding hydrogens is 420 g/mol. The molecule has 2 bridgehead atoms. The van der Waals surface area contributed by atoms with Crippen molar-refractivity contribution in [3.63, 3.8) is 0 Å². The number of ether oxygens (including phenoxy) is 1. The van der Waals surface area contributed by atoms with Gasteiger partial charge in [0.25, 0.3) is 0 Å². The number of ketones is 1. The SMILES string of the molecule is CC1=CC23CCC4[C@H]([C@H](C=C(CO)[C@@H](O)[C@]2(O)[C@H]1OC(=O)C1(C)CCCCC1)C3=O)C4(C)C. The Morgan fingerprint density at radius 3 is 2.45 bits per heavy atom. The number of esters is 1. The van der Waals surface area contributed by atoms with E-state index >= 15 is 0 Å². The van der Waals surface area contributed by atoms with Gasteiger partial charge in [0.05, 0.1) is 17.4 Å². The molecule has 5 aliphatic rings. The summed E-state index contributed by atoms with van der Waals surface area (Å²) in [5, 5.41) is 33.9. The van der Waals surface area contributed by atoms with E-state index < -0.39 is 41.2 Å². The number of hydrogen-bond donors (Lipinski definition) is 3. The summed E-state index contributed by atoms with van der Waals surface area (Å²) in [5.41, 5.74) is -3.14. The van der Waals surface area contributed by atoms with Gasteiger partial charge in [-0.2, -0.15) is 0 Å². The Labute approximate surface area is 196 Å². The summed E-state index contributed by atoms with van der Waals surface area (Å²) < 4.78 is 6.03. The Bertz CT molecular complexity index is 940. The maximum atomic E-state index is 14.1. The first kappa shape index (κ1) is 23.3. The summed E-state index contributed by atoms with van der Waals surface area (Å²) in [7, 11) is 0. The lowest BCUT2D eigenvalue weighted by Gasteiger charge is -2.46. The van der Waals surface area contributed by atoms with E-state index in [0.29, 0.717) is 17.9 Å². The van der Waals surface area contributed by atoms with Gasteiger partial charge in [0.15, 0.2) is 17.5 Å². The van der Waals surface area contributed by atoms with E-state index in [-0.39, 0.29) is 28.7 Å². The number of hydrogen-bond acceptors (Lipinski definition) is 6. The highest BCUT2D eigenvalue weighted by Crippen LogP contribution is 2.70. The molecule has 7 atom stereocenters. The predicted molar refractivity (Wildman–Crippen MR) is 122 cm³/mol. The van der Waals surface area contributed by atoms with Crippen molar-refractivity contribution < 1.29 is 29.6 Å². The molecule has 3 saturated carbocycles. The van der Waals surface area contributed by atoms with Crippen molar-refractivity contribution >= 4 is 11.8 Å². The zero-order chi connectivity index (χ0) is 24.0. The molecule has 0 aromatic rings. The van der Waals surface area contributed by atoms with Crippen LogP contribution in [0.5, 0.6) is 0 Å². The summed E-state index contributed by atoms with van der Waals surface area (Å²) in [6, 6.07) is 0. The van der Waals surface area contributed by atoms with E-state index in [2.05, 4.69) is 13.8 Å². The second-order valence-electron chi connectivity index (χ2n) is 12.3. The van der Waals surface area contributed by atoms with Crippen molar-refractivity contribution in [2.45, 2.75) is 90.4 Å². The molecule has 3 N–H and O–H groups in total. The third kappa shape index (κ3) is 2.90. The Hall–Kier alpha value is -1.50. The highest BCUT2D eigenvalue weighted by atomic mass is 16.6. The summed E-state index contributed by atoms with van der Waals surface area (Å²) in [5.74, 6) is -0.507. The molecule has 182 valence electrons. The zero-order valence-electron chi connectivity index (χ0n) is 20.3. The second-order valence-corrected chi connectivity index (χ2v) is 12.3. The van der Waals surface area contributed by atoms with Crippen LogP contribution in [0.15, 0.2) is 23.3 Å². The normalized spacial score (nSPS) is 45.1. The van der Waals surface area contributed by atoms with Gasteiger partial charge in [0, 0.05) is 5.92 Å². The number of aliphatic hydroxyl groups excluding tert-OH is 2. The minimum absolute atomic E-state index is 0.00517. The minimum atomic E-state index is -2.03. The molecule has 5 rings (SSSR count). The second kappa shape index (κ2) is 7.25. The number of carbonyl (C=O) groups excluding carboxylic acids is 2. The summed E-state index contributed by atoms with van der Waals surface area (Å²) >= 11 is 0. The van der Waals surface area contributed by atoms with Crippen LogP contribution in [0, 0.1) is 34.0 Å². The number of carbonyl (C=O) groups is 2. The van der Waals surface area contributed by atoms with Crippen LogP contribution in [0.25, 0.3) is 0 Å². The van der Waals surface area contributed by atoms with Gasteiger partial charge in [-0.3, -0.25) is 9.59 Å². The molecule has 0 aromatic carbocycles. The summed E-state index contributed by atoms with van der Waals surface area (Å²) in [6.45, 7) is 7.55. The minimum Gasteiger partial charge on any atom is -0.454 e. The van der Waals surface area contributed by atoms with Crippen LogP contribution in [-0.4, -0.2) is 51.5 Å². The Balaban J connectivity index is 1.57. The van der Waals surface area contributed by atoms with E-state index in [9.17, 15) is 24.9 Å². The fourth-order valence-electron chi connectivity index (χ4n) is 8.00. The molecule has 0 radical (unpaired) electrons. The third-order valence-corrected chi connectivity index (χ3v) is 10.1. The lowest BCUT2D eigenvalue weighted by molar-refractivity contribution is -0.203. The van der Waals surface area contributed by atoms with Crippen molar-refractivity contribution in [3.05, 3.63) is 23.3 Å². The van der Waals surface area contributed by atoms with Gasteiger partial charge < -0.3 is 20.1 Å². The van der Waals surface area contributed by atoms with Crippen LogP contribution >= 0.6 is 0 Å². The van der Waals surface area contributed by atoms with Gasteiger partial charge in [0.2, 0.25) is 0 Å². The molecule has 0 saturated heterocycles. The number of Topliss-reactive ketones (excluding diaryl/α,β-unsaturated/α-hetero) is 1. The highest BCUT2D eigenvalue weighted by molar-refractivity contribution is 5.95. The van der Waals surface area contributed by atoms with Crippen LogP contribution in [0.4, 0.5) is 0 Å². The van der Waals surface area contributed by atoms with E-state index in [1.165, 1.54) is 0 Å². The van der Waals surface area contributed by atoms with Gasteiger partial charge in [-0.05, 0) is 67.9 Å². The number of fused-ring (bicyclic) bond motifs is 3. The van der Waals surface area contributed by atoms with Gasteiger partial charge in [-0.1, -0.05) is 45.3 Å². The Morgan fingerprint density at radius 1 is 1.15 bits per heavy atom. The topological polar surface area (TPSA) is 104 Å². The Morgan fingerprint density at radius 2 is 1.82 bits per heavy atom. The van der Waals surface area contributed by atoms with Crippen LogP contribution in [0.3, 0.4) is 0 Å². The first-order valence-corrected chi connectivity index (χ1v) is 12.6. The molecule has 0 heterocycles. The highest BCUT2D eigenvalue weighted by Gasteiger charge is 2.74. The van der Waals surface area contributed by atoms with Crippen LogP contribution < -0.4 is 0 Å². The van der Waals surface area contributed by atoms with Crippen LogP contribution in [0.1, 0.15) is 72.6 Å². The molecule has 5 aliphatic carbocycles. The molecule has 1 spiro atoms. The number of aliphatic hydroxyl groups is 3. The third-order valence-electron chi connectivity index (χ3n) is 10.1. The number of rotatable bonds is 3. The number of allylic oxidation sites excluding steroid dienone is 1.